The second-order valence-electron chi connectivity index (χ2n) is 5.73. The summed E-state index contributed by atoms with van der Waals surface area (Å²) in [7, 11) is 2.25. The third kappa shape index (κ3) is 3.79. The first kappa shape index (κ1) is 13.5. The van der Waals surface area contributed by atoms with E-state index < -0.39 is 0 Å². The maximum absolute atomic E-state index is 8.59. The number of fused-ring (bicyclic) bond motifs is 2. The van der Waals surface area contributed by atoms with Crippen LogP contribution in [0.15, 0.2) is 18.3 Å². The summed E-state index contributed by atoms with van der Waals surface area (Å²) in [4.78, 5) is 6.48. The Morgan fingerprint density at radius 3 is 2.44 bits per heavy atom. The van der Waals surface area contributed by atoms with Crippen molar-refractivity contribution in [2.24, 2.45) is 11.8 Å². The molecule has 1 aromatic heterocycles. The van der Waals surface area contributed by atoms with Crippen LogP contribution in [0.4, 0.5) is 0 Å². The van der Waals surface area contributed by atoms with E-state index in [0.717, 1.165) is 23.1 Å². The third-order valence-corrected chi connectivity index (χ3v) is 3.94. The molecule has 0 spiro atoms. The minimum absolute atomic E-state index is 0.0767. The molecule has 2 fully saturated rings. The Labute approximate surface area is 110 Å². The number of aryl methyl sites for hydroxylation is 1. The predicted molar refractivity (Wildman–Crippen MR) is 73.2 cm³/mol. The van der Waals surface area contributed by atoms with Gasteiger partial charge in [-0.15, -0.1) is 0 Å². The molecule has 2 bridgehead atoms. The van der Waals surface area contributed by atoms with Gasteiger partial charge in [0, 0.05) is 25.0 Å². The molecule has 1 aliphatic heterocycles. The summed E-state index contributed by atoms with van der Waals surface area (Å²) in [6.45, 7) is 4.74. The van der Waals surface area contributed by atoms with E-state index in [1.165, 1.54) is 32.4 Å². The van der Waals surface area contributed by atoms with Gasteiger partial charge in [0.2, 0.25) is 0 Å². The molecule has 3 rings (SSSR count). The van der Waals surface area contributed by atoms with Crippen molar-refractivity contribution in [2.45, 2.75) is 32.8 Å². The first-order valence-electron chi connectivity index (χ1n) is 6.88. The number of piperidine rings is 1. The summed E-state index contributed by atoms with van der Waals surface area (Å²) < 4.78 is 0. The quantitative estimate of drug-likeness (QED) is 0.828. The minimum atomic E-state index is 0.0767. The van der Waals surface area contributed by atoms with Gasteiger partial charge in [0.25, 0.3) is 0 Å². The molecule has 3 heteroatoms. The summed E-state index contributed by atoms with van der Waals surface area (Å²) in [6, 6.07) is 3.74. The predicted octanol–water partition coefficient (Wildman–Crippen LogP) is 2.23. The molecule has 0 radical (unpaired) electrons. The van der Waals surface area contributed by atoms with Gasteiger partial charge in [-0.05, 0) is 56.7 Å². The molecule has 2 atom stereocenters. The lowest BCUT2D eigenvalue weighted by Crippen LogP contribution is -2.32. The van der Waals surface area contributed by atoms with Gasteiger partial charge >= 0.3 is 0 Å². The van der Waals surface area contributed by atoms with E-state index >= 15 is 0 Å². The van der Waals surface area contributed by atoms with E-state index in [-0.39, 0.29) is 6.61 Å². The molecule has 2 heterocycles. The molecule has 2 aliphatic rings. The van der Waals surface area contributed by atoms with Gasteiger partial charge in [0.1, 0.15) is 0 Å². The zero-order valence-electron chi connectivity index (χ0n) is 11.5. The van der Waals surface area contributed by atoms with Crippen LogP contribution < -0.4 is 0 Å². The monoisotopic (exact) mass is 248 g/mol. The standard InChI is InChI=1S/C8H15N.C7H9NO/c1-9-5-7-2-3-8(4-7)6-9;1-6-2-3-7(5-9)4-8-6/h7-8H,2-6H2,1H3;2-4,9H,5H2,1H3. The molecule has 1 saturated carbocycles. The van der Waals surface area contributed by atoms with Crippen LogP contribution in [0.5, 0.6) is 0 Å². The fraction of sp³-hybridized carbons (Fsp3) is 0.667. The third-order valence-electron chi connectivity index (χ3n) is 3.94. The van der Waals surface area contributed by atoms with E-state index in [4.69, 9.17) is 5.11 Å². The number of rotatable bonds is 1. The maximum Gasteiger partial charge on any atom is 0.0696 e. The minimum Gasteiger partial charge on any atom is -0.392 e. The van der Waals surface area contributed by atoms with Gasteiger partial charge in [-0.3, -0.25) is 4.98 Å². The second-order valence-corrected chi connectivity index (χ2v) is 5.73. The van der Waals surface area contributed by atoms with Crippen molar-refractivity contribution < 1.29 is 5.11 Å². The highest BCUT2D eigenvalue weighted by molar-refractivity contribution is 5.11. The zero-order valence-corrected chi connectivity index (χ0v) is 11.5. The van der Waals surface area contributed by atoms with E-state index in [0.29, 0.717) is 0 Å². The van der Waals surface area contributed by atoms with E-state index in [1.807, 2.05) is 19.1 Å². The van der Waals surface area contributed by atoms with Crippen LogP contribution in [0, 0.1) is 18.8 Å². The molecule has 1 aliphatic carbocycles. The van der Waals surface area contributed by atoms with Crippen LogP contribution in [0.25, 0.3) is 0 Å². The fourth-order valence-electron chi connectivity index (χ4n) is 3.06. The van der Waals surface area contributed by atoms with Gasteiger partial charge in [0.15, 0.2) is 0 Å². The van der Waals surface area contributed by atoms with Gasteiger partial charge in [-0.2, -0.15) is 0 Å². The van der Waals surface area contributed by atoms with Gasteiger partial charge in [-0.1, -0.05) is 6.07 Å². The second kappa shape index (κ2) is 6.30. The van der Waals surface area contributed by atoms with Gasteiger partial charge < -0.3 is 10.0 Å². The van der Waals surface area contributed by atoms with Crippen LogP contribution in [-0.2, 0) is 6.61 Å². The Bertz CT molecular complexity index is 351. The summed E-state index contributed by atoms with van der Waals surface area (Å²) in [5, 5.41) is 8.59. The van der Waals surface area contributed by atoms with Crippen LogP contribution in [0.3, 0.4) is 0 Å². The van der Waals surface area contributed by atoms with Crippen molar-refractivity contribution in [1.82, 2.24) is 9.88 Å². The number of aliphatic hydroxyl groups is 1. The lowest BCUT2D eigenvalue weighted by Gasteiger charge is -2.27. The van der Waals surface area contributed by atoms with E-state index in [2.05, 4.69) is 16.9 Å². The van der Waals surface area contributed by atoms with Crippen LogP contribution in [-0.4, -0.2) is 35.1 Å². The normalized spacial score (nSPS) is 26.6. The number of hydrogen-bond donors (Lipinski definition) is 1. The molecule has 2 unspecified atom stereocenters. The zero-order chi connectivity index (χ0) is 13.0. The maximum atomic E-state index is 8.59. The largest absolute Gasteiger partial charge is 0.392 e. The molecule has 0 aromatic carbocycles. The topological polar surface area (TPSA) is 36.4 Å². The van der Waals surface area contributed by atoms with Crippen molar-refractivity contribution in [3.05, 3.63) is 29.6 Å². The Hall–Kier alpha value is -0.930. The molecule has 1 aromatic rings. The Morgan fingerprint density at radius 2 is 1.94 bits per heavy atom. The number of nitrogens with zero attached hydrogens (tertiary/aromatic N) is 2. The lowest BCUT2D eigenvalue weighted by atomic mass is 10.00. The summed E-state index contributed by atoms with van der Waals surface area (Å²) >= 11 is 0. The molecule has 1 saturated heterocycles. The van der Waals surface area contributed by atoms with Crippen molar-refractivity contribution in [2.75, 3.05) is 20.1 Å². The first-order valence-corrected chi connectivity index (χ1v) is 6.88. The molecule has 0 amide bonds. The van der Waals surface area contributed by atoms with Crippen LogP contribution in [0.2, 0.25) is 0 Å². The summed E-state index contributed by atoms with van der Waals surface area (Å²) in [6.07, 6.45) is 6.23. The van der Waals surface area contributed by atoms with E-state index in [9.17, 15) is 0 Å². The van der Waals surface area contributed by atoms with Gasteiger partial charge in [-0.25, -0.2) is 0 Å². The van der Waals surface area contributed by atoms with Crippen LogP contribution >= 0.6 is 0 Å². The molecule has 3 nitrogen and oxygen atoms in total. The average Bonchev–Trinajstić information content (AvgIpc) is 2.71. The Morgan fingerprint density at radius 1 is 1.28 bits per heavy atom. The van der Waals surface area contributed by atoms with Gasteiger partial charge in [0.05, 0.1) is 6.61 Å². The molecule has 1 N–H and O–H groups in total. The molecular weight excluding hydrogens is 224 g/mol. The number of aromatic nitrogens is 1. The number of pyridine rings is 1. The lowest BCUT2D eigenvalue weighted by molar-refractivity contribution is 0.203. The number of likely N-dealkylation sites (tertiary alicyclic amines) is 1. The highest BCUT2D eigenvalue weighted by Gasteiger charge is 2.30. The fourth-order valence-corrected chi connectivity index (χ4v) is 3.06. The smallest absolute Gasteiger partial charge is 0.0696 e. The molecule has 18 heavy (non-hydrogen) atoms. The van der Waals surface area contributed by atoms with Crippen molar-refractivity contribution in [3.63, 3.8) is 0 Å². The molecule has 100 valence electrons. The molecular formula is C15H24N2O. The van der Waals surface area contributed by atoms with Crippen molar-refractivity contribution in [3.8, 4) is 0 Å². The average molecular weight is 248 g/mol. The highest BCUT2D eigenvalue weighted by atomic mass is 16.3. The van der Waals surface area contributed by atoms with Crippen molar-refractivity contribution >= 4 is 0 Å². The number of aliphatic hydroxyl groups excluding tert-OH is 1. The SMILES string of the molecule is CN1CC2CCC(C2)C1.Cc1ccc(CO)cn1. The Kier molecular flexibility index (Phi) is 4.72. The van der Waals surface area contributed by atoms with Crippen molar-refractivity contribution in [1.29, 1.82) is 0 Å². The Balaban J connectivity index is 0.000000134. The number of hydrogen-bond acceptors (Lipinski definition) is 3. The summed E-state index contributed by atoms with van der Waals surface area (Å²) in [5.74, 6) is 2.13. The van der Waals surface area contributed by atoms with E-state index in [1.54, 1.807) is 6.20 Å². The highest BCUT2D eigenvalue weighted by Crippen LogP contribution is 2.35. The first-order chi connectivity index (χ1) is 8.67. The summed E-state index contributed by atoms with van der Waals surface area (Å²) in [5.41, 5.74) is 1.84. The van der Waals surface area contributed by atoms with Crippen LogP contribution in [0.1, 0.15) is 30.5 Å².